The van der Waals surface area contributed by atoms with Crippen molar-refractivity contribution in [3.05, 3.63) is 78.0 Å². The normalized spacial score (nSPS) is 16.9. The van der Waals surface area contributed by atoms with Crippen LogP contribution >= 0.6 is 0 Å². The van der Waals surface area contributed by atoms with Crippen molar-refractivity contribution in [2.45, 2.75) is 19.4 Å². The summed E-state index contributed by atoms with van der Waals surface area (Å²) in [6, 6.07) is 21.9. The minimum Gasteiger partial charge on any atom is -0.376 e. The average molecular weight is 375 g/mol. The Morgan fingerprint density at radius 3 is 2.64 bits per heavy atom. The predicted molar refractivity (Wildman–Crippen MR) is 109 cm³/mol. The highest BCUT2D eigenvalue weighted by Gasteiger charge is 2.25. The molecular weight excluding hydrogens is 350 g/mol. The van der Waals surface area contributed by atoms with E-state index in [1.54, 1.807) is 0 Å². The van der Waals surface area contributed by atoms with Crippen LogP contribution in [0.2, 0.25) is 0 Å². The number of H-pyrrole nitrogens is 1. The molecule has 0 aliphatic carbocycles. The van der Waals surface area contributed by atoms with E-state index in [0.29, 0.717) is 24.8 Å². The Morgan fingerprint density at radius 1 is 1.11 bits per heavy atom. The largest absolute Gasteiger partial charge is 0.376 e. The van der Waals surface area contributed by atoms with Crippen molar-refractivity contribution >= 4 is 5.91 Å². The molecule has 4 rings (SSSR count). The van der Waals surface area contributed by atoms with E-state index >= 15 is 0 Å². The van der Waals surface area contributed by atoms with Crippen LogP contribution in [0.15, 0.2) is 66.7 Å². The topological polar surface area (TPSA) is 58.2 Å². The van der Waals surface area contributed by atoms with Crippen molar-refractivity contribution < 1.29 is 9.53 Å². The molecule has 1 aromatic heterocycles. The molecule has 1 unspecified atom stereocenters. The van der Waals surface area contributed by atoms with Gasteiger partial charge in [0.15, 0.2) is 0 Å². The lowest BCUT2D eigenvalue weighted by Crippen LogP contribution is -2.41. The highest BCUT2D eigenvalue weighted by Crippen LogP contribution is 2.21. The summed E-state index contributed by atoms with van der Waals surface area (Å²) < 4.78 is 5.90. The lowest BCUT2D eigenvalue weighted by Gasteiger charge is -2.32. The first-order valence-electron chi connectivity index (χ1n) is 9.81. The number of rotatable bonds is 6. The van der Waals surface area contributed by atoms with Crippen molar-refractivity contribution in [2.24, 2.45) is 5.92 Å². The van der Waals surface area contributed by atoms with Gasteiger partial charge in [0.25, 0.3) is 5.91 Å². The number of nitrogens with zero attached hydrogens (tertiary/aromatic N) is 2. The maximum absolute atomic E-state index is 12.9. The summed E-state index contributed by atoms with van der Waals surface area (Å²) in [5.41, 5.74) is 3.52. The second-order valence-electron chi connectivity index (χ2n) is 7.29. The van der Waals surface area contributed by atoms with Crippen LogP contribution in [-0.4, -0.2) is 40.7 Å². The molecular formula is C23H25N3O2. The van der Waals surface area contributed by atoms with Crippen LogP contribution < -0.4 is 0 Å². The number of carbonyl (C=O) groups is 1. The molecule has 5 heteroatoms. The van der Waals surface area contributed by atoms with E-state index in [9.17, 15) is 4.79 Å². The Bertz CT molecular complexity index is 892. The van der Waals surface area contributed by atoms with Gasteiger partial charge in [-0.3, -0.25) is 9.89 Å². The standard InChI is InChI=1S/C23H25N3O2/c27-23(22-14-21(24-25-22)20-11-5-2-6-12-20)26-13-7-10-19(15-26)17-28-16-18-8-3-1-4-9-18/h1-6,8-9,11-12,14,19H,7,10,13,15-17H2,(H,24,25). The number of piperidine rings is 1. The minimum atomic E-state index is 0.0161. The van der Waals surface area contributed by atoms with Crippen LogP contribution in [0.1, 0.15) is 28.9 Å². The molecule has 144 valence electrons. The second kappa shape index (κ2) is 8.85. The molecule has 1 aliphatic rings. The summed E-state index contributed by atoms with van der Waals surface area (Å²) in [4.78, 5) is 14.8. The molecule has 2 aromatic carbocycles. The Morgan fingerprint density at radius 2 is 1.86 bits per heavy atom. The fourth-order valence-electron chi connectivity index (χ4n) is 3.66. The lowest BCUT2D eigenvalue weighted by molar-refractivity contribution is 0.0422. The van der Waals surface area contributed by atoms with Crippen LogP contribution in [0.25, 0.3) is 11.3 Å². The molecule has 1 atom stereocenters. The number of hydrogen-bond acceptors (Lipinski definition) is 3. The van der Waals surface area contributed by atoms with Gasteiger partial charge >= 0.3 is 0 Å². The van der Waals surface area contributed by atoms with Gasteiger partial charge in [0.2, 0.25) is 0 Å². The molecule has 2 heterocycles. The molecule has 3 aromatic rings. The summed E-state index contributed by atoms with van der Waals surface area (Å²) >= 11 is 0. The highest BCUT2D eigenvalue weighted by atomic mass is 16.5. The first kappa shape index (κ1) is 18.4. The lowest BCUT2D eigenvalue weighted by atomic mass is 9.98. The number of amides is 1. The number of ether oxygens (including phenoxy) is 1. The summed E-state index contributed by atoms with van der Waals surface area (Å²) in [6.07, 6.45) is 2.10. The van der Waals surface area contributed by atoms with Gasteiger partial charge in [0.1, 0.15) is 5.69 Å². The van der Waals surface area contributed by atoms with Gasteiger partial charge in [-0.2, -0.15) is 5.10 Å². The zero-order valence-electron chi connectivity index (χ0n) is 15.9. The van der Waals surface area contributed by atoms with Gasteiger partial charge in [-0.15, -0.1) is 0 Å². The maximum Gasteiger partial charge on any atom is 0.271 e. The van der Waals surface area contributed by atoms with Crippen molar-refractivity contribution in [1.29, 1.82) is 0 Å². The van der Waals surface area contributed by atoms with E-state index in [2.05, 4.69) is 22.3 Å². The van der Waals surface area contributed by atoms with E-state index in [-0.39, 0.29) is 5.91 Å². The Labute approximate surface area is 165 Å². The van der Waals surface area contributed by atoms with Crippen LogP contribution in [0.3, 0.4) is 0 Å². The van der Waals surface area contributed by atoms with Crippen LogP contribution in [0.4, 0.5) is 0 Å². The number of aromatic nitrogens is 2. The number of hydrogen-bond donors (Lipinski definition) is 1. The molecule has 1 aliphatic heterocycles. The summed E-state index contributed by atoms with van der Waals surface area (Å²) in [7, 11) is 0. The van der Waals surface area contributed by atoms with E-state index in [1.807, 2.05) is 59.5 Å². The summed E-state index contributed by atoms with van der Waals surface area (Å²) in [5, 5.41) is 7.22. The van der Waals surface area contributed by atoms with E-state index in [0.717, 1.165) is 37.2 Å². The third-order valence-electron chi connectivity index (χ3n) is 5.15. The summed E-state index contributed by atoms with van der Waals surface area (Å²) in [5.74, 6) is 0.389. The number of likely N-dealkylation sites (tertiary alicyclic amines) is 1. The maximum atomic E-state index is 12.9. The molecule has 0 saturated carbocycles. The Balaban J connectivity index is 1.32. The van der Waals surface area contributed by atoms with Crippen molar-refractivity contribution in [3.8, 4) is 11.3 Å². The first-order chi connectivity index (χ1) is 13.8. The number of nitrogens with one attached hydrogen (secondary N) is 1. The minimum absolute atomic E-state index is 0.0161. The second-order valence-corrected chi connectivity index (χ2v) is 7.29. The van der Waals surface area contributed by atoms with Crippen molar-refractivity contribution in [3.63, 3.8) is 0 Å². The van der Waals surface area contributed by atoms with Gasteiger partial charge in [0, 0.05) is 18.7 Å². The van der Waals surface area contributed by atoms with E-state index in [4.69, 9.17) is 4.74 Å². The monoisotopic (exact) mass is 375 g/mol. The predicted octanol–water partition coefficient (Wildman–Crippen LogP) is 4.15. The molecule has 1 amide bonds. The van der Waals surface area contributed by atoms with Crippen LogP contribution in [0, 0.1) is 5.92 Å². The molecule has 1 saturated heterocycles. The van der Waals surface area contributed by atoms with E-state index in [1.165, 1.54) is 5.56 Å². The number of carbonyl (C=O) groups excluding carboxylic acids is 1. The van der Waals surface area contributed by atoms with Crippen molar-refractivity contribution in [1.82, 2.24) is 15.1 Å². The zero-order chi connectivity index (χ0) is 19.2. The molecule has 1 N–H and O–H groups in total. The molecule has 28 heavy (non-hydrogen) atoms. The van der Waals surface area contributed by atoms with Gasteiger partial charge < -0.3 is 9.64 Å². The molecule has 0 radical (unpaired) electrons. The SMILES string of the molecule is O=C(c1cc(-c2ccccc2)n[nH]1)N1CCCC(COCc2ccccc2)C1. The van der Waals surface area contributed by atoms with Crippen LogP contribution in [-0.2, 0) is 11.3 Å². The fraction of sp³-hybridized carbons (Fsp3) is 0.304. The average Bonchev–Trinajstić information content (AvgIpc) is 3.25. The number of benzene rings is 2. The fourth-order valence-corrected chi connectivity index (χ4v) is 3.66. The number of aromatic amines is 1. The third kappa shape index (κ3) is 4.49. The zero-order valence-corrected chi connectivity index (χ0v) is 15.9. The van der Waals surface area contributed by atoms with Gasteiger partial charge in [-0.1, -0.05) is 60.7 Å². The van der Waals surface area contributed by atoms with Gasteiger partial charge in [-0.05, 0) is 30.4 Å². The molecule has 0 bridgehead atoms. The summed E-state index contributed by atoms with van der Waals surface area (Å²) in [6.45, 7) is 2.81. The quantitative estimate of drug-likeness (QED) is 0.704. The van der Waals surface area contributed by atoms with Crippen molar-refractivity contribution in [2.75, 3.05) is 19.7 Å². The van der Waals surface area contributed by atoms with Crippen LogP contribution in [0.5, 0.6) is 0 Å². The first-order valence-corrected chi connectivity index (χ1v) is 9.81. The van der Waals surface area contributed by atoms with Gasteiger partial charge in [0.05, 0.1) is 18.9 Å². The smallest absolute Gasteiger partial charge is 0.271 e. The Hall–Kier alpha value is -2.92. The third-order valence-corrected chi connectivity index (χ3v) is 5.15. The molecule has 1 fully saturated rings. The Kier molecular flexibility index (Phi) is 5.83. The highest BCUT2D eigenvalue weighted by molar-refractivity contribution is 5.93. The molecule has 0 spiro atoms. The molecule has 5 nitrogen and oxygen atoms in total. The van der Waals surface area contributed by atoms with E-state index < -0.39 is 0 Å². The van der Waals surface area contributed by atoms with Gasteiger partial charge in [-0.25, -0.2) is 0 Å².